The van der Waals surface area contributed by atoms with Crippen molar-refractivity contribution in [2.45, 2.75) is 31.8 Å². The summed E-state index contributed by atoms with van der Waals surface area (Å²) in [6.45, 7) is 2.76. The molecule has 4 heteroatoms. The van der Waals surface area contributed by atoms with Crippen molar-refractivity contribution in [2.75, 3.05) is 27.2 Å². The lowest BCUT2D eigenvalue weighted by Gasteiger charge is -2.19. The topological polar surface area (TPSA) is 37.4 Å². The Morgan fingerprint density at radius 3 is 3.11 bits per heavy atom. The Labute approximate surface area is 109 Å². The molecule has 1 aromatic rings. The van der Waals surface area contributed by atoms with Crippen molar-refractivity contribution in [3.05, 3.63) is 23.9 Å². The molecule has 0 aromatic carbocycles. The number of hydrogen-bond acceptors (Lipinski definition) is 4. The molecular formula is C14H23N3O. The standard InChI is InChI=1S/C14H23N3O/c1-15-11-12-5-3-7-14(16-12)18-10-8-13-6-4-9-17(13)2/h3,5,7,13,15H,4,6,8-11H2,1-2H3. The summed E-state index contributed by atoms with van der Waals surface area (Å²) in [6.07, 6.45) is 3.71. The van der Waals surface area contributed by atoms with Crippen LogP contribution in [0.5, 0.6) is 5.88 Å². The Kier molecular flexibility index (Phi) is 4.96. The monoisotopic (exact) mass is 249 g/mol. The van der Waals surface area contributed by atoms with Crippen LogP contribution in [0, 0.1) is 0 Å². The van der Waals surface area contributed by atoms with Gasteiger partial charge >= 0.3 is 0 Å². The quantitative estimate of drug-likeness (QED) is 0.832. The van der Waals surface area contributed by atoms with E-state index >= 15 is 0 Å². The molecule has 0 spiro atoms. The summed E-state index contributed by atoms with van der Waals surface area (Å²) >= 11 is 0. The second kappa shape index (κ2) is 6.71. The van der Waals surface area contributed by atoms with Gasteiger partial charge < -0.3 is 15.0 Å². The molecule has 1 fully saturated rings. The van der Waals surface area contributed by atoms with Gasteiger partial charge in [0.2, 0.25) is 5.88 Å². The number of nitrogens with zero attached hydrogens (tertiary/aromatic N) is 2. The number of ether oxygens (including phenoxy) is 1. The largest absolute Gasteiger partial charge is 0.478 e. The Morgan fingerprint density at radius 2 is 2.39 bits per heavy atom. The summed E-state index contributed by atoms with van der Waals surface area (Å²) in [4.78, 5) is 6.87. The highest BCUT2D eigenvalue weighted by Gasteiger charge is 2.20. The minimum absolute atomic E-state index is 0.686. The fourth-order valence-corrected chi connectivity index (χ4v) is 2.46. The van der Waals surface area contributed by atoms with Gasteiger partial charge in [-0.05, 0) is 46.0 Å². The van der Waals surface area contributed by atoms with Gasteiger partial charge in [0.25, 0.3) is 0 Å². The molecule has 0 bridgehead atoms. The first-order valence-corrected chi connectivity index (χ1v) is 6.73. The van der Waals surface area contributed by atoms with E-state index in [0.29, 0.717) is 6.04 Å². The molecule has 0 radical (unpaired) electrons. The van der Waals surface area contributed by atoms with Crippen LogP contribution in [0.25, 0.3) is 0 Å². The third-order valence-electron chi connectivity index (χ3n) is 3.51. The third-order valence-corrected chi connectivity index (χ3v) is 3.51. The highest BCUT2D eigenvalue weighted by Crippen LogP contribution is 2.18. The minimum atomic E-state index is 0.686. The van der Waals surface area contributed by atoms with Crippen LogP contribution in [0.15, 0.2) is 18.2 Å². The lowest BCUT2D eigenvalue weighted by Crippen LogP contribution is -2.26. The molecule has 4 nitrogen and oxygen atoms in total. The molecule has 2 rings (SSSR count). The highest BCUT2D eigenvalue weighted by molar-refractivity contribution is 5.15. The van der Waals surface area contributed by atoms with E-state index in [1.807, 2.05) is 25.2 Å². The lowest BCUT2D eigenvalue weighted by atomic mass is 10.1. The molecule has 100 valence electrons. The van der Waals surface area contributed by atoms with Gasteiger partial charge in [-0.3, -0.25) is 0 Å². The number of rotatable bonds is 6. The van der Waals surface area contributed by atoms with Gasteiger partial charge in [0.1, 0.15) is 0 Å². The van der Waals surface area contributed by atoms with E-state index in [2.05, 4.69) is 22.2 Å². The van der Waals surface area contributed by atoms with Gasteiger partial charge in [-0.1, -0.05) is 6.07 Å². The molecule has 0 aliphatic carbocycles. The number of pyridine rings is 1. The van der Waals surface area contributed by atoms with Crippen LogP contribution in [0.3, 0.4) is 0 Å². The fraction of sp³-hybridized carbons (Fsp3) is 0.643. The molecule has 18 heavy (non-hydrogen) atoms. The average molecular weight is 249 g/mol. The molecular weight excluding hydrogens is 226 g/mol. The molecule has 2 heterocycles. The van der Waals surface area contributed by atoms with E-state index in [1.54, 1.807) is 0 Å². The SMILES string of the molecule is CNCc1cccc(OCCC2CCCN2C)n1. The van der Waals surface area contributed by atoms with Crippen molar-refractivity contribution in [3.63, 3.8) is 0 Å². The van der Waals surface area contributed by atoms with E-state index < -0.39 is 0 Å². The van der Waals surface area contributed by atoms with Gasteiger partial charge in [0, 0.05) is 18.7 Å². The van der Waals surface area contributed by atoms with E-state index in [4.69, 9.17) is 4.74 Å². The molecule has 1 aliphatic rings. The smallest absolute Gasteiger partial charge is 0.213 e. The van der Waals surface area contributed by atoms with Crippen molar-refractivity contribution < 1.29 is 4.74 Å². The first-order chi connectivity index (χ1) is 8.79. The molecule has 1 saturated heterocycles. The first-order valence-electron chi connectivity index (χ1n) is 6.73. The van der Waals surface area contributed by atoms with Gasteiger partial charge in [0.15, 0.2) is 0 Å². The van der Waals surface area contributed by atoms with Gasteiger partial charge in [-0.25, -0.2) is 4.98 Å². The summed E-state index contributed by atoms with van der Waals surface area (Å²) < 4.78 is 5.74. The molecule has 1 aliphatic heterocycles. The second-order valence-corrected chi connectivity index (χ2v) is 4.91. The number of hydrogen-bond donors (Lipinski definition) is 1. The second-order valence-electron chi connectivity index (χ2n) is 4.91. The van der Waals surface area contributed by atoms with Crippen LogP contribution < -0.4 is 10.1 Å². The van der Waals surface area contributed by atoms with Gasteiger partial charge in [-0.15, -0.1) is 0 Å². The summed E-state index contributed by atoms with van der Waals surface area (Å²) in [5.41, 5.74) is 1.02. The summed E-state index contributed by atoms with van der Waals surface area (Å²) in [5.74, 6) is 0.739. The number of nitrogens with one attached hydrogen (secondary N) is 1. The Balaban J connectivity index is 1.77. The van der Waals surface area contributed by atoms with Crippen molar-refractivity contribution >= 4 is 0 Å². The van der Waals surface area contributed by atoms with Crippen molar-refractivity contribution in [1.82, 2.24) is 15.2 Å². The zero-order valence-corrected chi connectivity index (χ0v) is 11.4. The Hall–Kier alpha value is -1.13. The average Bonchev–Trinajstić information content (AvgIpc) is 2.76. The van der Waals surface area contributed by atoms with E-state index in [-0.39, 0.29) is 0 Å². The summed E-state index contributed by atoms with van der Waals surface area (Å²) in [6, 6.07) is 6.62. The maximum Gasteiger partial charge on any atom is 0.213 e. The Morgan fingerprint density at radius 1 is 1.50 bits per heavy atom. The molecule has 0 amide bonds. The van der Waals surface area contributed by atoms with Crippen LogP contribution in [0.1, 0.15) is 25.0 Å². The van der Waals surface area contributed by atoms with Crippen LogP contribution in [-0.2, 0) is 6.54 Å². The maximum absolute atomic E-state index is 5.74. The van der Waals surface area contributed by atoms with Crippen LogP contribution in [0.4, 0.5) is 0 Å². The van der Waals surface area contributed by atoms with Crippen molar-refractivity contribution in [1.29, 1.82) is 0 Å². The number of likely N-dealkylation sites (tertiary alicyclic amines) is 1. The molecule has 1 aromatic heterocycles. The summed E-state index contributed by atoms with van der Waals surface area (Å²) in [7, 11) is 4.12. The minimum Gasteiger partial charge on any atom is -0.478 e. The van der Waals surface area contributed by atoms with Gasteiger partial charge in [0.05, 0.1) is 12.3 Å². The zero-order chi connectivity index (χ0) is 12.8. The van der Waals surface area contributed by atoms with Crippen molar-refractivity contribution in [3.8, 4) is 5.88 Å². The Bertz CT molecular complexity index is 370. The summed E-state index contributed by atoms with van der Waals surface area (Å²) in [5, 5.41) is 3.09. The first kappa shape index (κ1) is 13.3. The van der Waals surface area contributed by atoms with Gasteiger partial charge in [-0.2, -0.15) is 0 Å². The van der Waals surface area contributed by atoms with E-state index in [0.717, 1.165) is 31.1 Å². The van der Waals surface area contributed by atoms with E-state index in [9.17, 15) is 0 Å². The number of aromatic nitrogens is 1. The van der Waals surface area contributed by atoms with Crippen molar-refractivity contribution in [2.24, 2.45) is 0 Å². The third kappa shape index (κ3) is 3.68. The molecule has 1 atom stereocenters. The van der Waals surface area contributed by atoms with Crippen LogP contribution in [0.2, 0.25) is 0 Å². The lowest BCUT2D eigenvalue weighted by molar-refractivity contribution is 0.228. The van der Waals surface area contributed by atoms with Crippen LogP contribution in [-0.4, -0.2) is 43.2 Å². The normalized spacial score (nSPS) is 20.2. The highest BCUT2D eigenvalue weighted by atomic mass is 16.5. The predicted molar refractivity (Wildman–Crippen MR) is 72.8 cm³/mol. The zero-order valence-electron chi connectivity index (χ0n) is 11.4. The van der Waals surface area contributed by atoms with Crippen LogP contribution >= 0.6 is 0 Å². The molecule has 1 N–H and O–H groups in total. The van der Waals surface area contributed by atoms with E-state index in [1.165, 1.54) is 19.4 Å². The fourth-order valence-electron chi connectivity index (χ4n) is 2.46. The predicted octanol–water partition coefficient (Wildman–Crippen LogP) is 1.66. The molecule has 1 unspecified atom stereocenters. The molecule has 0 saturated carbocycles. The maximum atomic E-state index is 5.74.